The van der Waals surface area contributed by atoms with Crippen LogP contribution in [0.3, 0.4) is 0 Å². The quantitative estimate of drug-likeness (QED) is 0.857. The minimum atomic E-state index is -0.820. The van der Waals surface area contributed by atoms with Crippen molar-refractivity contribution in [1.29, 1.82) is 0 Å². The van der Waals surface area contributed by atoms with Crippen LogP contribution in [-0.2, 0) is 11.3 Å². The number of rotatable bonds is 5. The van der Waals surface area contributed by atoms with E-state index in [1.807, 2.05) is 6.92 Å². The maximum atomic E-state index is 10.6. The molecule has 6 heteroatoms. The summed E-state index contributed by atoms with van der Waals surface area (Å²) in [5, 5.41) is 9.47. The number of imidazole rings is 1. The van der Waals surface area contributed by atoms with E-state index in [0.29, 0.717) is 0 Å². The van der Waals surface area contributed by atoms with E-state index < -0.39 is 5.97 Å². The summed E-state index contributed by atoms with van der Waals surface area (Å²) in [6.07, 6.45) is 1.78. The van der Waals surface area contributed by atoms with Crippen molar-refractivity contribution >= 4 is 29.1 Å². The fourth-order valence-electron chi connectivity index (χ4n) is 1.60. The van der Waals surface area contributed by atoms with E-state index in [9.17, 15) is 4.79 Å². The minimum absolute atomic E-state index is 0.0416. The van der Waals surface area contributed by atoms with Gasteiger partial charge in [0.05, 0.1) is 12.3 Å². The Labute approximate surface area is 114 Å². The maximum absolute atomic E-state index is 10.6. The van der Waals surface area contributed by atoms with Gasteiger partial charge in [0.25, 0.3) is 0 Å². The van der Waals surface area contributed by atoms with Crippen molar-refractivity contribution in [2.75, 3.05) is 5.75 Å². The predicted molar refractivity (Wildman–Crippen MR) is 73.5 cm³/mol. The highest BCUT2D eigenvalue weighted by Crippen LogP contribution is 2.22. The molecule has 0 aliphatic carbocycles. The topological polar surface area (TPSA) is 55.1 Å². The molecule has 0 aromatic carbocycles. The highest BCUT2D eigenvalue weighted by Gasteiger charge is 2.10. The van der Waals surface area contributed by atoms with Crippen LogP contribution in [-0.4, -0.2) is 26.4 Å². The molecule has 2 rings (SSSR count). The van der Waals surface area contributed by atoms with Crippen molar-refractivity contribution in [3.8, 4) is 0 Å². The Morgan fingerprint density at radius 1 is 1.50 bits per heavy atom. The molecule has 0 spiro atoms. The minimum Gasteiger partial charge on any atom is -0.481 e. The van der Waals surface area contributed by atoms with Crippen LogP contribution in [0.4, 0.5) is 0 Å². The first-order valence-corrected chi connectivity index (χ1v) is 7.28. The fourth-order valence-corrected chi connectivity index (χ4v) is 3.22. The first-order valence-electron chi connectivity index (χ1n) is 5.48. The monoisotopic (exact) mass is 282 g/mol. The molecule has 0 atom stereocenters. The van der Waals surface area contributed by atoms with E-state index in [-0.39, 0.29) is 5.75 Å². The average molecular weight is 282 g/mol. The summed E-state index contributed by atoms with van der Waals surface area (Å²) >= 11 is 3.01. The SMILES string of the molecule is Cc1ccc(Cn2c(C)cnc2SCC(=O)O)s1. The number of hydrogen-bond acceptors (Lipinski definition) is 4. The molecule has 0 amide bonds. The zero-order valence-electron chi connectivity index (χ0n) is 10.2. The number of hydrogen-bond donors (Lipinski definition) is 1. The van der Waals surface area contributed by atoms with E-state index >= 15 is 0 Å². The van der Waals surface area contributed by atoms with Crippen LogP contribution in [0.25, 0.3) is 0 Å². The van der Waals surface area contributed by atoms with Gasteiger partial charge in [-0.1, -0.05) is 11.8 Å². The van der Waals surface area contributed by atoms with E-state index in [0.717, 1.165) is 17.4 Å². The number of aromatic nitrogens is 2. The third kappa shape index (κ3) is 3.14. The normalized spacial score (nSPS) is 10.8. The number of carboxylic acid groups (broad SMARTS) is 1. The van der Waals surface area contributed by atoms with Gasteiger partial charge in [0, 0.05) is 21.6 Å². The molecule has 0 radical (unpaired) electrons. The van der Waals surface area contributed by atoms with Crippen molar-refractivity contribution in [2.24, 2.45) is 0 Å². The van der Waals surface area contributed by atoms with Gasteiger partial charge >= 0.3 is 5.97 Å². The van der Waals surface area contributed by atoms with Crippen LogP contribution in [0.15, 0.2) is 23.5 Å². The van der Waals surface area contributed by atoms with Gasteiger partial charge in [-0.3, -0.25) is 4.79 Å². The van der Waals surface area contributed by atoms with Crippen LogP contribution in [0.2, 0.25) is 0 Å². The molecule has 4 nitrogen and oxygen atoms in total. The van der Waals surface area contributed by atoms with Crippen molar-refractivity contribution < 1.29 is 9.90 Å². The zero-order valence-corrected chi connectivity index (χ0v) is 11.8. The van der Waals surface area contributed by atoms with Gasteiger partial charge in [-0.25, -0.2) is 4.98 Å². The molecular weight excluding hydrogens is 268 g/mol. The first-order chi connectivity index (χ1) is 8.56. The lowest BCUT2D eigenvalue weighted by molar-refractivity contribution is -0.133. The Balaban J connectivity index is 2.16. The standard InChI is InChI=1S/C12H14N2O2S2/c1-8-5-13-12(17-7-11(15)16)14(8)6-10-4-3-9(2)18-10/h3-5H,6-7H2,1-2H3,(H,15,16). The first kappa shape index (κ1) is 13.2. The fraction of sp³-hybridized carbons (Fsp3) is 0.333. The predicted octanol–water partition coefficient (Wildman–Crippen LogP) is 2.79. The Morgan fingerprint density at radius 2 is 2.28 bits per heavy atom. The Hall–Kier alpha value is -1.27. The second-order valence-electron chi connectivity index (χ2n) is 3.96. The maximum Gasteiger partial charge on any atom is 0.313 e. The number of thioether (sulfide) groups is 1. The van der Waals surface area contributed by atoms with Crippen molar-refractivity contribution in [3.63, 3.8) is 0 Å². The van der Waals surface area contributed by atoms with Crippen LogP contribution in [0.1, 0.15) is 15.4 Å². The lowest BCUT2D eigenvalue weighted by atomic mass is 10.4. The second kappa shape index (κ2) is 5.58. The molecule has 2 heterocycles. The van der Waals surface area contributed by atoms with Crippen molar-refractivity contribution in [1.82, 2.24) is 9.55 Å². The molecule has 18 heavy (non-hydrogen) atoms. The van der Waals surface area contributed by atoms with Gasteiger partial charge in [0.1, 0.15) is 0 Å². The largest absolute Gasteiger partial charge is 0.481 e. The molecule has 0 saturated heterocycles. The third-order valence-corrected chi connectivity index (χ3v) is 4.41. The zero-order chi connectivity index (χ0) is 13.1. The van der Waals surface area contributed by atoms with Gasteiger partial charge in [-0.05, 0) is 26.0 Å². The number of carbonyl (C=O) groups is 1. The number of aliphatic carboxylic acids is 1. The number of aryl methyl sites for hydroxylation is 2. The summed E-state index contributed by atoms with van der Waals surface area (Å²) < 4.78 is 2.05. The summed E-state index contributed by atoms with van der Waals surface area (Å²) in [5.74, 6) is -0.779. The smallest absolute Gasteiger partial charge is 0.313 e. The molecule has 0 fully saturated rings. The Morgan fingerprint density at radius 3 is 2.89 bits per heavy atom. The van der Waals surface area contributed by atoms with Gasteiger partial charge in [0.2, 0.25) is 0 Å². The molecule has 0 aliphatic rings. The Kier molecular flexibility index (Phi) is 4.08. The average Bonchev–Trinajstić information content (AvgIpc) is 2.85. The molecular formula is C12H14N2O2S2. The lowest BCUT2D eigenvalue weighted by Gasteiger charge is -2.07. The van der Waals surface area contributed by atoms with E-state index in [1.54, 1.807) is 17.5 Å². The second-order valence-corrected chi connectivity index (χ2v) is 6.28. The van der Waals surface area contributed by atoms with Crippen LogP contribution < -0.4 is 0 Å². The van der Waals surface area contributed by atoms with Crippen LogP contribution in [0, 0.1) is 13.8 Å². The molecule has 1 N–H and O–H groups in total. The van der Waals surface area contributed by atoms with E-state index in [4.69, 9.17) is 5.11 Å². The molecule has 2 aromatic heterocycles. The van der Waals surface area contributed by atoms with Crippen molar-refractivity contribution in [2.45, 2.75) is 25.5 Å². The van der Waals surface area contributed by atoms with E-state index in [2.05, 4.69) is 28.6 Å². The van der Waals surface area contributed by atoms with E-state index in [1.165, 1.54) is 21.5 Å². The summed E-state index contributed by atoms with van der Waals surface area (Å²) in [6.45, 7) is 4.82. The lowest BCUT2D eigenvalue weighted by Crippen LogP contribution is -2.05. The van der Waals surface area contributed by atoms with Gasteiger partial charge in [-0.15, -0.1) is 11.3 Å². The summed E-state index contributed by atoms with van der Waals surface area (Å²) in [6, 6.07) is 4.20. The Bertz CT molecular complexity index is 560. The highest BCUT2D eigenvalue weighted by atomic mass is 32.2. The molecule has 2 aromatic rings. The molecule has 0 aliphatic heterocycles. The van der Waals surface area contributed by atoms with Gasteiger partial charge in [0.15, 0.2) is 5.16 Å². The highest BCUT2D eigenvalue weighted by molar-refractivity contribution is 7.99. The third-order valence-electron chi connectivity index (χ3n) is 2.45. The molecule has 96 valence electrons. The van der Waals surface area contributed by atoms with Gasteiger partial charge < -0.3 is 9.67 Å². The molecule has 0 saturated carbocycles. The molecule has 0 unspecified atom stereocenters. The summed E-state index contributed by atoms with van der Waals surface area (Å²) in [7, 11) is 0. The number of nitrogens with zero attached hydrogens (tertiary/aromatic N) is 2. The van der Waals surface area contributed by atoms with Crippen molar-refractivity contribution in [3.05, 3.63) is 33.8 Å². The van der Waals surface area contributed by atoms with Gasteiger partial charge in [-0.2, -0.15) is 0 Å². The summed E-state index contributed by atoms with van der Waals surface area (Å²) in [5.41, 5.74) is 1.05. The van der Waals surface area contributed by atoms with Crippen LogP contribution >= 0.6 is 23.1 Å². The molecule has 0 bridgehead atoms. The number of thiophene rings is 1. The number of carboxylic acids is 1. The van der Waals surface area contributed by atoms with Crippen LogP contribution in [0.5, 0.6) is 0 Å². The summed E-state index contributed by atoms with van der Waals surface area (Å²) in [4.78, 5) is 17.4.